The summed E-state index contributed by atoms with van der Waals surface area (Å²) in [5.74, 6) is 5.80. The SMILES string of the molecule is NNc1ncnc2cccn12. The average Bonchev–Trinajstić information content (AvgIpc) is 2.50. The molecule has 0 aliphatic carbocycles. The Labute approximate surface area is 62.8 Å². The Morgan fingerprint density at radius 3 is 3.18 bits per heavy atom. The Bertz CT molecular complexity index is 366. The number of nitrogens with zero attached hydrogens (tertiary/aromatic N) is 3. The molecule has 3 N–H and O–H groups in total. The van der Waals surface area contributed by atoms with Crippen LogP contribution < -0.4 is 11.3 Å². The molecule has 5 heteroatoms. The van der Waals surface area contributed by atoms with Gasteiger partial charge < -0.3 is 0 Å². The summed E-state index contributed by atoms with van der Waals surface area (Å²) in [4.78, 5) is 7.92. The molecule has 0 saturated carbocycles. The van der Waals surface area contributed by atoms with Crippen molar-refractivity contribution in [3.05, 3.63) is 24.7 Å². The maximum atomic E-state index is 5.21. The number of nitrogen functional groups attached to an aromatic ring is 1. The summed E-state index contributed by atoms with van der Waals surface area (Å²) in [5, 5.41) is 0. The summed E-state index contributed by atoms with van der Waals surface area (Å²) in [7, 11) is 0. The van der Waals surface area contributed by atoms with E-state index in [-0.39, 0.29) is 0 Å². The van der Waals surface area contributed by atoms with Crippen LogP contribution >= 0.6 is 0 Å². The molecule has 56 valence electrons. The zero-order valence-corrected chi connectivity index (χ0v) is 5.73. The van der Waals surface area contributed by atoms with Gasteiger partial charge in [-0.05, 0) is 12.1 Å². The van der Waals surface area contributed by atoms with E-state index < -0.39 is 0 Å². The van der Waals surface area contributed by atoms with Gasteiger partial charge in [0.15, 0.2) is 0 Å². The molecule has 0 radical (unpaired) electrons. The van der Waals surface area contributed by atoms with Gasteiger partial charge in [0.1, 0.15) is 12.0 Å². The Balaban J connectivity index is 2.79. The summed E-state index contributed by atoms with van der Waals surface area (Å²) in [5.41, 5.74) is 3.29. The van der Waals surface area contributed by atoms with Crippen molar-refractivity contribution in [1.29, 1.82) is 0 Å². The number of hydrogen-bond acceptors (Lipinski definition) is 4. The summed E-state index contributed by atoms with van der Waals surface area (Å²) in [6.45, 7) is 0. The minimum atomic E-state index is 0.583. The maximum absolute atomic E-state index is 5.21. The molecule has 0 aliphatic heterocycles. The first-order chi connectivity index (χ1) is 5.42. The van der Waals surface area contributed by atoms with Crippen LogP contribution in [0.2, 0.25) is 0 Å². The number of fused-ring (bicyclic) bond motifs is 1. The van der Waals surface area contributed by atoms with E-state index in [2.05, 4.69) is 15.4 Å². The molecule has 0 saturated heterocycles. The first-order valence-electron chi connectivity index (χ1n) is 3.16. The first kappa shape index (κ1) is 6.11. The third-order valence-corrected chi connectivity index (χ3v) is 1.45. The van der Waals surface area contributed by atoms with Gasteiger partial charge in [0, 0.05) is 6.20 Å². The molecule has 2 aromatic rings. The third-order valence-electron chi connectivity index (χ3n) is 1.45. The minimum absolute atomic E-state index is 0.583. The average molecular weight is 149 g/mol. The van der Waals surface area contributed by atoms with Gasteiger partial charge in [-0.2, -0.15) is 0 Å². The smallest absolute Gasteiger partial charge is 0.224 e. The lowest BCUT2D eigenvalue weighted by Gasteiger charge is -2.00. The zero-order chi connectivity index (χ0) is 7.68. The zero-order valence-electron chi connectivity index (χ0n) is 5.73. The summed E-state index contributed by atoms with van der Waals surface area (Å²) in [6.07, 6.45) is 3.30. The second-order valence-corrected chi connectivity index (χ2v) is 2.08. The number of hydrogen-bond donors (Lipinski definition) is 2. The Kier molecular flexibility index (Phi) is 1.23. The highest BCUT2D eigenvalue weighted by molar-refractivity contribution is 5.44. The second-order valence-electron chi connectivity index (χ2n) is 2.08. The highest BCUT2D eigenvalue weighted by atomic mass is 15.3. The molecule has 0 aliphatic rings. The number of hydrazine groups is 1. The summed E-state index contributed by atoms with van der Waals surface area (Å²) >= 11 is 0. The van der Waals surface area contributed by atoms with Crippen LogP contribution in [0.1, 0.15) is 0 Å². The van der Waals surface area contributed by atoms with Gasteiger partial charge in [0.2, 0.25) is 5.95 Å². The lowest BCUT2D eigenvalue weighted by atomic mass is 10.6. The second kappa shape index (κ2) is 2.21. The molecule has 2 rings (SSSR count). The highest BCUT2D eigenvalue weighted by Gasteiger charge is 1.97. The van der Waals surface area contributed by atoms with E-state index in [4.69, 9.17) is 5.84 Å². The molecule has 0 bridgehead atoms. The van der Waals surface area contributed by atoms with Crippen LogP contribution in [0.5, 0.6) is 0 Å². The number of nitrogens with two attached hydrogens (primary N) is 1. The van der Waals surface area contributed by atoms with Gasteiger partial charge in [-0.25, -0.2) is 15.8 Å². The highest BCUT2D eigenvalue weighted by Crippen LogP contribution is 2.04. The Hall–Kier alpha value is -1.62. The fourth-order valence-corrected chi connectivity index (χ4v) is 0.968. The van der Waals surface area contributed by atoms with E-state index in [1.807, 2.05) is 18.3 Å². The normalized spacial score (nSPS) is 10.3. The molecule has 0 aromatic carbocycles. The minimum Gasteiger partial charge on any atom is -0.293 e. The van der Waals surface area contributed by atoms with Crippen molar-refractivity contribution in [2.45, 2.75) is 0 Å². The molecule has 0 spiro atoms. The van der Waals surface area contributed by atoms with Crippen molar-refractivity contribution in [3.8, 4) is 0 Å². The van der Waals surface area contributed by atoms with E-state index in [9.17, 15) is 0 Å². The molecule has 0 fully saturated rings. The molecule has 2 aromatic heterocycles. The third kappa shape index (κ3) is 0.821. The summed E-state index contributed by atoms with van der Waals surface area (Å²) < 4.78 is 1.76. The Morgan fingerprint density at radius 2 is 2.36 bits per heavy atom. The maximum Gasteiger partial charge on any atom is 0.224 e. The van der Waals surface area contributed by atoms with Gasteiger partial charge in [0.05, 0.1) is 0 Å². The van der Waals surface area contributed by atoms with Crippen molar-refractivity contribution in [1.82, 2.24) is 14.4 Å². The first-order valence-corrected chi connectivity index (χ1v) is 3.16. The predicted octanol–water partition coefficient (Wildman–Crippen LogP) is 0.0149. The molecule has 0 atom stereocenters. The van der Waals surface area contributed by atoms with Crippen molar-refractivity contribution in [2.75, 3.05) is 5.43 Å². The monoisotopic (exact) mass is 149 g/mol. The summed E-state index contributed by atoms with van der Waals surface area (Å²) in [6, 6.07) is 3.76. The van der Waals surface area contributed by atoms with Crippen molar-refractivity contribution >= 4 is 11.6 Å². The van der Waals surface area contributed by atoms with E-state index >= 15 is 0 Å². The van der Waals surface area contributed by atoms with Crippen molar-refractivity contribution in [3.63, 3.8) is 0 Å². The van der Waals surface area contributed by atoms with Gasteiger partial charge in [-0.1, -0.05) is 0 Å². The number of nitrogens with one attached hydrogen (secondary N) is 1. The quantitative estimate of drug-likeness (QED) is 0.443. The van der Waals surface area contributed by atoms with Crippen LogP contribution in [-0.2, 0) is 0 Å². The lowest BCUT2D eigenvalue weighted by molar-refractivity contribution is 1.01. The predicted molar refractivity (Wildman–Crippen MR) is 40.8 cm³/mol. The fraction of sp³-hybridized carbons (Fsp3) is 0. The van der Waals surface area contributed by atoms with Crippen molar-refractivity contribution < 1.29 is 0 Å². The van der Waals surface area contributed by atoms with Gasteiger partial charge in [-0.15, -0.1) is 0 Å². The number of anilines is 1. The molecule has 5 nitrogen and oxygen atoms in total. The standard InChI is InChI=1S/C6H7N5/c7-10-6-9-4-8-5-2-1-3-11(5)6/h1-4H,7H2,(H,8,9,10). The van der Waals surface area contributed by atoms with E-state index in [1.165, 1.54) is 6.33 Å². The van der Waals surface area contributed by atoms with E-state index in [0.29, 0.717) is 5.95 Å². The molecule has 11 heavy (non-hydrogen) atoms. The fourth-order valence-electron chi connectivity index (χ4n) is 0.968. The van der Waals surface area contributed by atoms with Gasteiger partial charge in [0.25, 0.3) is 0 Å². The van der Waals surface area contributed by atoms with Crippen LogP contribution in [0, 0.1) is 0 Å². The van der Waals surface area contributed by atoms with Crippen LogP contribution in [-0.4, -0.2) is 14.4 Å². The lowest BCUT2D eigenvalue weighted by Crippen LogP contribution is -2.12. The van der Waals surface area contributed by atoms with Crippen LogP contribution in [0.4, 0.5) is 5.95 Å². The van der Waals surface area contributed by atoms with Gasteiger partial charge >= 0.3 is 0 Å². The number of rotatable bonds is 1. The topological polar surface area (TPSA) is 68.2 Å². The molecule has 2 heterocycles. The van der Waals surface area contributed by atoms with Crippen molar-refractivity contribution in [2.24, 2.45) is 5.84 Å². The Morgan fingerprint density at radius 1 is 1.45 bits per heavy atom. The van der Waals surface area contributed by atoms with E-state index in [1.54, 1.807) is 4.40 Å². The van der Waals surface area contributed by atoms with E-state index in [0.717, 1.165) is 5.65 Å². The number of aromatic nitrogens is 3. The largest absolute Gasteiger partial charge is 0.293 e. The molecule has 0 unspecified atom stereocenters. The van der Waals surface area contributed by atoms with Crippen LogP contribution in [0.25, 0.3) is 5.65 Å². The van der Waals surface area contributed by atoms with Crippen LogP contribution in [0.3, 0.4) is 0 Å². The van der Waals surface area contributed by atoms with Gasteiger partial charge in [-0.3, -0.25) is 9.83 Å². The van der Waals surface area contributed by atoms with Crippen LogP contribution in [0.15, 0.2) is 24.7 Å². The molecular formula is C6H7N5. The molecule has 0 amide bonds. The molecular weight excluding hydrogens is 142 g/mol.